The Balaban J connectivity index is 1.79. The number of aromatic amines is 1. The zero-order valence-corrected chi connectivity index (χ0v) is 7.77. The summed E-state index contributed by atoms with van der Waals surface area (Å²) in [6, 6.07) is 3.96. The number of H-pyrrole nitrogens is 1. The highest BCUT2D eigenvalue weighted by atomic mass is 14.9. The van der Waals surface area contributed by atoms with E-state index in [2.05, 4.69) is 20.3 Å². The quantitative estimate of drug-likeness (QED) is 0.755. The maximum absolute atomic E-state index is 4.12. The van der Waals surface area contributed by atoms with Crippen molar-refractivity contribution < 1.29 is 0 Å². The van der Waals surface area contributed by atoms with E-state index in [4.69, 9.17) is 0 Å². The second-order valence-corrected chi connectivity index (χ2v) is 3.02. The number of nitrogens with zero attached hydrogens (tertiary/aromatic N) is 2. The van der Waals surface area contributed by atoms with Crippen LogP contribution in [0.5, 0.6) is 0 Å². The molecule has 0 amide bonds. The first-order chi connectivity index (χ1) is 6.95. The maximum Gasteiger partial charge on any atom is 0.115 e. The smallest absolute Gasteiger partial charge is 0.115 e. The minimum Gasteiger partial charge on any atom is -0.367 e. The van der Waals surface area contributed by atoms with Gasteiger partial charge in [0, 0.05) is 31.7 Å². The molecule has 0 atom stereocenters. The molecule has 0 aliphatic heterocycles. The molecule has 0 aliphatic carbocycles. The first-order valence-corrected chi connectivity index (χ1v) is 4.52. The van der Waals surface area contributed by atoms with E-state index in [1.807, 2.05) is 24.5 Å². The summed E-state index contributed by atoms with van der Waals surface area (Å²) < 4.78 is 0. The van der Waals surface area contributed by atoms with Crippen LogP contribution in [0.1, 0.15) is 11.3 Å². The van der Waals surface area contributed by atoms with E-state index in [0.29, 0.717) is 0 Å². The van der Waals surface area contributed by atoms with Gasteiger partial charge in [-0.15, -0.1) is 0 Å². The monoisotopic (exact) mass is 188 g/mol. The van der Waals surface area contributed by atoms with Crippen LogP contribution in [0.4, 0.5) is 0 Å². The van der Waals surface area contributed by atoms with Gasteiger partial charge in [0.1, 0.15) is 6.33 Å². The second kappa shape index (κ2) is 4.53. The van der Waals surface area contributed by atoms with Crippen molar-refractivity contribution in [1.29, 1.82) is 0 Å². The van der Waals surface area contributed by atoms with Crippen LogP contribution in [0, 0.1) is 0 Å². The van der Waals surface area contributed by atoms with Crippen molar-refractivity contribution >= 4 is 0 Å². The molecule has 0 saturated heterocycles. The molecule has 2 N–H and O–H groups in total. The van der Waals surface area contributed by atoms with E-state index in [9.17, 15) is 0 Å². The van der Waals surface area contributed by atoms with Crippen LogP contribution in [-0.2, 0) is 13.1 Å². The Morgan fingerprint density at radius 1 is 1.29 bits per heavy atom. The van der Waals surface area contributed by atoms with Gasteiger partial charge in [-0.1, -0.05) is 0 Å². The molecule has 0 aliphatic rings. The van der Waals surface area contributed by atoms with E-state index in [-0.39, 0.29) is 0 Å². The molecule has 0 saturated carbocycles. The van der Waals surface area contributed by atoms with Crippen LogP contribution >= 0.6 is 0 Å². The van der Waals surface area contributed by atoms with Crippen molar-refractivity contribution in [1.82, 2.24) is 20.3 Å². The topological polar surface area (TPSA) is 53.6 Å². The summed E-state index contributed by atoms with van der Waals surface area (Å²) >= 11 is 0. The predicted octanol–water partition coefficient (Wildman–Crippen LogP) is 1.09. The zero-order valence-electron chi connectivity index (χ0n) is 7.77. The molecule has 0 unspecified atom stereocenters. The summed E-state index contributed by atoms with van der Waals surface area (Å²) in [6.45, 7) is 1.63. The van der Waals surface area contributed by atoms with E-state index in [0.717, 1.165) is 18.8 Å². The molecule has 2 heterocycles. The van der Waals surface area contributed by atoms with Crippen LogP contribution in [0.3, 0.4) is 0 Å². The molecule has 14 heavy (non-hydrogen) atoms. The van der Waals surface area contributed by atoms with Crippen LogP contribution in [-0.4, -0.2) is 15.0 Å². The zero-order chi connectivity index (χ0) is 9.64. The summed E-state index contributed by atoms with van der Waals surface area (Å²) in [5, 5.41) is 3.29. The van der Waals surface area contributed by atoms with Crippen molar-refractivity contribution in [3.63, 3.8) is 0 Å². The first kappa shape index (κ1) is 8.90. The average Bonchev–Trinajstić information content (AvgIpc) is 2.72. The number of hydrogen-bond acceptors (Lipinski definition) is 3. The fourth-order valence-electron chi connectivity index (χ4n) is 1.23. The number of rotatable bonds is 4. The minimum atomic E-state index is 0.772. The Labute approximate surface area is 82.4 Å². The largest absolute Gasteiger partial charge is 0.367 e. The van der Waals surface area contributed by atoms with E-state index >= 15 is 0 Å². The summed E-state index contributed by atoms with van der Waals surface area (Å²) in [7, 11) is 0. The normalized spacial score (nSPS) is 10.3. The molecule has 0 aromatic carbocycles. The van der Waals surface area contributed by atoms with Gasteiger partial charge < -0.3 is 10.3 Å². The van der Waals surface area contributed by atoms with E-state index < -0.39 is 0 Å². The standard InChI is InChI=1S/C10H12N4/c1-3-11-5-9(1)6-13-7-10-2-4-12-8-14-10/h1-5,8,11,13H,6-7H2. The van der Waals surface area contributed by atoms with Gasteiger partial charge in [0.05, 0.1) is 5.69 Å². The highest BCUT2D eigenvalue weighted by Gasteiger charge is 1.94. The molecule has 72 valence electrons. The third-order valence-corrected chi connectivity index (χ3v) is 1.94. The van der Waals surface area contributed by atoms with Crippen molar-refractivity contribution in [3.05, 3.63) is 48.3 Å². The molecular formula is C10H12N4. The van der Waals surface area contributed by atoms with E-state index in [1.165, 1.54) is 5.56 Å². The SMILES string of the molecule is c1cc(CNCc2cc[nH]c2)ncn1. The van der Waals surface area contributed by atoms with Crippen molar-refractivity contribution in [2.24, 2.45) is 0 Å². The van der Waals surface area contributed by atoms with Crippen LogP contribution in [0.2, 0.25) is 0 Å². The molecule has 4 heteroatoms. The van der Waals surface area contributed by atoms with E-state index in [1.54, 1.807) is 12.5 Å². The minimum absolute atomic E-state index is 0.772. The van der Waals surface area contributed by atoms with Gasteiger partial charge in [-0.25, -0.2) is 9.97 Å². The Kier molecular flexibility index (Phi) is 2.88. The third-order valence-electron chi connectivity index (χ3n) is 1.94. The summed E-state index contributed by atoms with van der Waals surface area (Å²) in [5.74, 6) is 0. The Hall–Kier alpha value is -1.68. The molecule has 2 rings (SSSR count). The number of aromatic nitrogens is 3. The molecule has 0 spiro atoms. The van der Waals surface area contributed by atoms with Gasteiger partial charge in [0.2, 0.25) is 0 Å². The number of hydrogen-bond donors (Lipinski definition) is 2. The van der Waals surface area contributed by atoms with Gasteiger partial charge >= 0.3 is 0 Å². The summed E-state index contributed by atoms with van der Waals surface area (Å²) in [5.41, 5.74) is 2.26. The second-order valence-electron chi connectivity index (χ2n) is 3.02. The van der Waals surface area contributed by atoms with Crippen LogP contribution in [0.15, 0.2) is 37.1 Å². The van der Waals surface area contributed by atoms with Crippen molar-refractivity contribution in [3.8, 4) is 0 Å². The van der Waals surface area contributed by atoms with Crippen molar-refractivity contribution in [2.75, 3.05) is 0 Å². The molecule has 0 bridgehead atoms. The summed E-state index contributed by atoms with van der Waals surface area (Å²) in [6.07, 6.45) is 7.21. The fourth-order valence-corrected chi connectivity index (χ4v) is 1.23. The van der Waals surface area contributed by atoms with Gasteiger partial charge in [-0.05, 0) is 17.7 Å². The Morgan fingerprint density at radius 3 is 3.00 bits per heavy atom. The number of nitrogens with one attached hydrogen (secondary N) is 2. The molecule has 0 fully saturated rings. The van der Waals surface area contributed by atoms with Crippen LogP contribution < -0.4 is 5.32 Å². The van der Waals surface area contributed by atoms with Gasteiger partial charge in [0.25, 0.3) is 0 Å². The van der Waals surface area contributed by atoms with Gasteiger partial charge in [-0.3, -0.25) is 0 Å². The Morgan fingerprint density at radius 2 is 2.29 bits per heavy atom. The van der Waals surface area contributed by atoms with Crippen LogP contribution in [0.25, 0.3) is 0 Å². The average molecular weight is 188 g/mol. The molecular weight excluding hydrogens is 176 g/mol. The molecule has 2 aromatic rings. The highest BCUT2D eigenvalue weighted by molar-refractivity contribution is 5.08. The van der Waals surface area contributed by atoms with Gasteiger partial charge in [0.15, 0.2) is 0 Å². The molecule has 2 aromatic heterocycles. The summed E-state index contributed by atoms with van der Waals surface area (Å²) in [4.78, 5) is 11.0. The molecule has 4 nitrogen and oxygen atoms in total. The highest BCUT2D eigenvalue weighted by Crippen LogP contribution is 1.96. The molecule has 0 radical (unpaired) electrons. The lowest BCUT2D eigenvalue weighted by molar-refractivity contribution is 0.678. The lowest BCUT2D eigenvalue weighted by atomic mass is 10.3. The van der Waals surface area contributed by atoms with Crippen molar-refractivity contribution in [2.45, 2.75) is 13.1 Å². The third kappa shape index (κ3) is 2.40. The lowest BCUT2D eigenvalue weighted by Crippen LogP contribution is -2.13. The lowest BCUT2D eigenvalue weighted by Gasteiger charge is -2.01. The fraction of sp³-hybridized carbons (Fsp3) is 0.200. The maximum atomic E-state index is 4.12. The van der Waals surface area contributed by atoms with Gasteiger partial charge in [-0.2, -0.15) is 0 Å². The predicted molar refractivity (Wildman–Crippen MR) is 53.4 cm³/mol. The Bertz CT molecular complexity index is 355. The first-order valence-electron chi connectivity index (χ1n) is 4.52.